The summed E-state index contributed by atoms with van der Waals surface area (Å²) in [5.41, 5.74) is 0. The van der Waals surface area contributed by atoms with E-state index in [2.05, 4.69) is 13.2 Å². The summed E-state index contributed by atoms with van der Waals surface area (Å²) in [5.74, 6) is 0. The lowest BCUT2D eigenvalue weighted by molar-refractivity contribution is -0.750. The van der Waals surface area contributed by atoms with Crippen LogP contribution in [0.2, 0.25) is 0 Å². The molecule has 0 saturated heterocycles. The molecule has 0 aromatic carbocycles. The fourth-order valence-corrected chi connectivity index (χ4v) is 0.429. The highest BCUT2D eigenvalue weighted by Gasteiger charge is 2.37. The van der Waals surface area contributed by atoms with Crippen LogP contribution < -0.4 is 0 Å². The van der Waals surface area contributed by atoms with Crippen LogP contribution in [-0.4, -0.2) is 27.2 Å². The number of aliphatic hydroxyl groups excluding tert-OH is 1. The van der Waals surface area contributed by atoms with Gasteiger partial charge in [-0.15, -0.1) is 13.2 Å². The third-order valence-electron chi connectivity index (χ3n) is 0.863. The summed E-state index contributed by atoms with van der Waals surface area (Å²) in [5, 5.41) is 28.0. The van der Waals surface area contributed by atoms with Gasteiger partial charge < -0.3 is 5.11 Å². The molecule has 0 radical (unpaired) electrons. The van der Waals surface area contributed by atoms with Crippen LogP contribution in [0.15, 0.2) is 13.2 Å². The van der Waals surface area contributed by atoms with E-state index >= 15 is 0 Å². The smallest absolute Gasteiger partial charge is 0.379 e. The Morgan fingerprint density at radius 1 is 1.25 bits per heavy atom. The van der Waals surface area contributed by atoms with E-state index in [1.807, 2.05) is 0 Å². The van der Waals surface area contributed by atoms with Crippen molar-refractivity contribution in [2.24, 2.45) is 0 Å². The molecule has 7 heteroatoms. The van der Waals surface area contributed by atoms with Crippen molar-refractivity contribution in [1.82, 2.24) is 0 Å². The van der Waals surface area contributed by atoms with Crippen LogP contribution in [0, 0.1) is 20.2 Å². The average Bonchev–Trinajstić information content (AvgIpc) is 1.88. The maximum Gasteiger partial charge on any atom is 0.475 e. The number of aliphatic hydroxyl groups is 1. The van der Waals surface area contributed by atoms with E-state index < -0.39 is 22.1 Å². The first-order chi connectivity index (χ1) is 5.46. The lowest BCUT2D eigenvalue weighted by Gasteiger charge is -2.02. The Morgan fingerprint density at radius 3 is 1.50 bits per heavy atom. The van der Waals surface area contributed by atoms with Gasteiger partial charge in [-0.05, 0) is 6.92 Å². The second kappa shape index (κ2) is 6.23. The summed E-state index contributed by atoms with van der Waals surface area (Å²) >= 11 is 0. The second-order valence-electron chi connectivity index (χ2n) is 1.72. The van der Waals surface area contributed by atoms with Gasteiger partial charge in [0.25, 0.3) is 0 Å². The van der Waals surface area contributed by atoms with E-state index in [1.54, 1.807) is 0 Å². The Hall–Kier alpha value is -1.50. The van der Waals surface area contributed by atoms with Gasteiger partial charge in [0, 0.05) is 0 Å². The van der Waals surface area contributed by atoms with E-state index in [4.69, 9.17) is 5.11 Å². The quantitative estimate of drug-likeness (QED) is 0.284. The Kier molecular flexibility index (Phi) is 6.80. The van der Waals surface area contributed by atoms with Gasteiger partial charge in [0.1, 0.15) is 0 Å². The summed E-state index contributed by atoms with van der Waals surface area (Å²) in [7, 11) is 0. The summed E-state index contributed by atoms with van der Waals surface area (Å²) < 4.78 is 0. The molecule has 0 fully saturated rings. The van der Waals surface area contributed by atoms with Crippen LogP contribution in [-0.2, 0) is 0 Å². The topological polar surface area (TPSA) is 107 Å². The molecule has 0 amide bonds. The first-order valence-corrected chi connectivity index (χ1v) is 2.92. The fraction of sp³-hybridized carbons (Fsp3) is 0.600. The Balaban J connectivity index is 0. The Morgan fingerprint density at radius 2 is 1.50 bits per heavy atom. The SMILES string of the molecule is C=C.CC(O)C([N+](=O)[O-])[N+](=O)[O-]. The van der Waals surface area contributed by atoms with Crippen molar-refractivity contribution in [2.75, 3.05) is 0 Å². The zero-order valence-corrected chi connectivity index (χ0v) is 6.54. The maximum atomic E-state index is 9.79. The van der Waals surface area contributed by atoms with Gasteiger partial charge in [0.15, 0.2) is 6.10 Å². The van der Waals surface area contributed by atoms with Gasteiger partial charge >= 0.3 is 6.17 Å². The molecule has 0 aliphatic rings. The monoisotopic (exact) mass is 178 g/mol. The lowest BCUT2D eigenvalue weighted by Crippen LogP contribution is -2.38. The third-order valence-corrected chi connectivity index (χ3v) is 0.863. The summed E-state index contributed by atoms with van der Waals surface area (Å²) in [6, 6.07) is 0. The van der Waals surface area contributed by atoms with Crippen molar-refractivity contribution < 1.29 is 15.0 Å². The maximum absolute atomic E-state index is 9.79. The van der Waals surface area contributed by atoms with Crippen molar-refractivity contribution in [2.45, 2.75) is 19.2 Å². The van der Waals surface area contributed by atoms with Crippen LogP contribution in [0.3, 0.4) is 0 Å². The zero-order valence-electron chi connectivity index (χ0n) is 6.54. The van der Waals surface area contributed by atoms with Crippen LogP contribution in [0.4, 0.5) is 0 Å². The van der Waals surface area contributed by atoms with E-state index in [0.717, 1.165) is 6.92 Å². The summed E-state index contributed by atoms with van der Waals surface area (Å²) in [4.78, 5) is 17.3. The predicted molar refractivity (Wildman–Crippen MR) is 40.7 cm³/mol. The number of hydrogen-bond donors (Lipinski definition) is 1. The molecule has 70 valence electrons. The molecule has 1 N–H and O–H groups in total. The van der Waals surface area contributed by atoms with E-state index in [0.29, 0.717) is 0 Å². The van der Waals surface area contributed by atoms with Gasteiger partial charge in [0.05, 0.1) is 9.85 Å². The molecule has 1 unspecified atom stereocenters. The fourth-order valence-electron chi connectivity index (χ4n) is 0.429. The van der Waals surface area contributed by atoms with E-state index in [1.165, 1.54) is 0 Å². The van der Waals surface area contributed by atoms with Crippen molar-refractivity contribution in [3.8, 4) is 0 Å². The van der Waals surface area contributed by atoms with Crippen LogP contribution in [0.25, 0.3) is 0 Å². The molecule has 7 nitrogen and oxygen atoms in total. The number of nitrogens with zero attached hydrogens (tertiary/aromatic N) is 2. The number of nitro groups is 2. The first kappa shape index (κ1) is 13.1. The molecule has 0 aliphatic carbocycles. The molecule has 0 saturated carbocycles. The summed E-state index contributed by atoms with van der Waals surface area (Å²) in [6.07, 6.45) is -3.68. The minimum Gasteiger partial charge on any atom is -0.379 e. The molecule has 0 spiro atoms. The average molecular weight is 178 g/mol. The van der Waals surface area contributed by atoms with Crippen molar-refractivity contribution in [3.63, 3.8) is 0 Å². The van der Waals surface area contributed by atoms with Crippen LogP contribution in [0.1, 0.15) is 6.92 Å². The van der Waals surface area contributed by atoms with Crippen LogP contribution >= 0.6 is 0 Å². The Bertz CT molecular complexity index is 155. The minimum absolute atomic E-state index is 0.996. The van der Waals surface area contributed by atoms with Gasteiger partial charge in [-0.3, -0.25) is 20.2 Å². The molecular formula is C5H10N2O5. The first-order valence-electron chi connectivity index (χ1n) is 2.92. The molecule has 0 rings (SSSR count). The second-order valence-corrected chi connectivity index (χ2v) is 1.72. The van der Waals surface area contributed by atoms with Crippen molar-refractivity contribution in [3.05, 3.63) is 33.4 Å². The highest BCUT2D eigenvalue weighted by atomic mass is 16.7. The normalized spacial score (nSPS) is 11.2. The van der Waals surface area contributed by atoms with E-state index in [9.17, 15) is 20.2 Å². The number of hydrogen-bond acceptors (Lipinski definition) is 5. The standard InChI is InChI=1S/C3H6N2O5.C2H4/c1-2(6)3(4(7)8)5(9)10;1-2/h2-3,6H,1H3;1-2H2. The molecular weight excluding hydrogens is 168 g/mol. The molecule has 0 aromatic heterocycles. The van der Waals surface area contributed by atoms with Crippen LogP contribution in [0.5, 0.6) is 0 Å². The highest BCUT2D eigenvalue weighted by molar-refractivity contribution is 4.48. The van der Waals surface area contributed by atoms with Gasteiger partial charge in [-0.1, -0.05) is 0 Å². The van der Waals surface area contributed by atoms with Gasteiger partial charge in [0.2, 0.25) is 0 Å². The Labute approximate surface area is 68.6 Å². The molecule has 1 atom stereocenters. The largest absolute Gasteiger partial charge is 0.475 e. The predicted octanol–water partition coefficient (Wildman–Crippen LogP) is 0.0489. The molecule has 0 aromatic rings. The minimum atomic E-state index is -2.11. The van der Waals surface area contributed by atoms with Crippen molar-refractivity contribution in [1.29, 1.82) is 0 Å². The molecule has 0 aliphatic heterocycles. The molecule has 0 bridgehead atoms. The van der Waals surface area contributed by atoms with Gasteiger partial charge in [-0.25, -0.2) is 0 Å². The number of rotatable bonds is 3. The lowest BCUT2D eigenvalue weighted by atomic mass is 10.3. The highest BCUT2D eigenvalue weighted by Crippen LogP contribution is 1.97. The molecule has 0 heterocycles. The summed E-state index contributed by atoms with van der Waals surface area (Å²) in [6.45, 7) is 7.00. The van der Waals surface area contributed by atoms with Crippen molar-refractivity contribution >= 4 is 0 Å². The zero-order chi connectivity index (χ0) is 10.3. The van der Waals surface area contributed by atoms with E-state index in [-0.39, 0.29) is 0 Å². The van der Waals surface area contributed by atoms with Gasteiger partial charge in [-0.2, -0.15) is 0 Å². The molecule has 12 heavy (non-hydrogen) atoms. The third kappa shape index (κ3) is 4.34.